The third kappa shape index (κ3) is 2.33. The minimum atomic E-state index is 0.464. The number of hydrogen-bond acceptors (Lipinski definition) is 3. The normalized spacial score (nSPS) is 10.2. The first-order valence-corrected chi connectivity index (χ1v) is 5.71. The van der Waals surface area contributed by atoms with E-state index in [9.17, 15) is 0 Å². The maximum absolute atomic E-state index is 5.91. The van der Waals surface area contributed by atoms with E-state index in [-0.39, 0.29) is 0 Å². The van der Waals surface area contributed by atoms with Crippen molar-refractivity contribution in [2.45, 2.75) is 0 Å². The van der Waals surface area contributed by atoms with Crippen molar-refractivity contribution in [1.82, 2.24) is 10.2 Å². The van der Waals surface area contributed by atoms with Crippen LogP contribution in [0.3, 0.4) is 0 Å². The summed E-state index contributed by atoms with van der Waals surface area (Å²) in [6.07, 6.45) is 0. The van der Waals surface area contributed by atoms with Gasteiger partial charge in [-0.3, -0.25) is 0 Å². The van der Waals surface area contributed by atoms with Crippen molar-refractivity contribution in [2.75, 3.05) is 7.11 Å². The van der Waals surface area contributed by atoms with Crippen molar-refractivity contribution < 1.29 is 4.74 Å². The van der Waals surface area contributed by atoms with Gasteiger partial charge in [-0.15, -0.1) is 10.2 Å². The summed E-state index contributed by atoms with van der Waals surface area (Å²) in [7, 11) is 1.55. The van der Waals surface area contributed by atoms with Crippen LogP contribution in [0.2, 0.25) is 5.02 Å². The first-order valence-electron chi connectivity index (χ1n) is 4.54. The average Bonchev–Trinajstić information content (AvgIpc) is 2.29. The lowest BCUT2D eigenvalue weighted by Gasteiger charge is -2.04. The first kappa shape index (κ1) is 11.4. The highest BCUT2D eigenvalue weighted by Crippen LogP contribution is 2.27. The fourth-order valence-corrected chi connectivity index (χ4v) is 1.93. The number of methoxy groups -OCH3 is 1. The zero-order chi connectivity index (χ0) is 11.5. The minimum absolute atomic E-state index is 0.464. The Morgan fingerprint density at radius 2 is 2.06 bits per heavy atom. The molecule has 0 aliphatic heterocycles. The molecule has 1 aromatic heterocycles. The molecule has 0 amide bonds. The Morgan fingerprint density at radius 3 is 2.69 bits per heavy atom. The van der Waals surface area contributed by atoms with Crippen LogP contribution in [-0.4, -0.2) is 17.3 Å². The van der Waals surface area contributed by atoms with Gasteiger partial charge in [-0.1, -0.05) is 23.7 Å². The number of rotatable bonds is 2. The summed E-state index contributed by atoms with van der Waals surface area (Å²) in [4.78, 5) is 0. The summed E-state index contributed by atoms with van der Waals surface area (Å²) in [5.41, 5.74) is 1.67. The van der Waals surface area contributed by atoms with E-state index in [0.29, 0.717) is 10.9 Å². The molecular formula is C11H8BrClN2O. The molecule has 0 N–H and O–H groups in total. The molecule has 0 aliphatic carbocycles. The topological polar surface area (TPSA) is 35.0 Å². The Balaban J connectivity index is 2.45. The second-order valence-corrected chi connectivity index (χ2v) is 4.39. The van der Waals surface area contributed by atoms with E-state index in [2.05, 4.69) is 26.1 Å². The summed E-state index contributed by atoms with van der Waals surface area (Å²) in [6.45, 7) is 0. The van der Waals surface area contributed by atoms with E-state index in [1.165, 1.54) is 0 Å². The molecule has 2 aromatic rings. The number of nitrogens with zero attached hydrogens (tertiary/aromatic N) is 2. The molecule has 1 heterocycles. The van der Waals surface area contributed by atoms with Crippen LogP contribution in [0.5, 0.6) is 5.88 Å². The van der Waals surface area contributed by atoms with Crippen LogP contribution in [0.25, 0.3) is 11.3 Å². The maximum atomic E-state index is 5.91. The van der Waals surface area contributed by atoms with Gasteiger partial charge in [0.05, 0.1) is 17.3 Å². The molecule has 0 spiro atoms. The van der Waals surface area contributed by atoms with Crippen LogP contribution in [0.1, 0.15) is 0 Å². The lowest BCUT2D eigenvalue weighted by molar-refractivity contribution is 0.389. The molecule has 0 saturated heterocycles. The maximum Gasteiger partial charge on any atom is 0.247 e. The minimum Gasteiger partial charge on any atom is -0.479 e. The summed E-state index contributed by atoms with van der Waals surface area (Å²) in [6, 6.07) is 9.30. The van der Waals surface area contributed by atoms with Crippen molar-refractivity contribution >= 4 is 27.5 Å². The van der Waals surface area contributed by atoms with E-state index in [1.54, 1.807) is 7.11 Å². The SMILES string of the molecule is COc1nnc(-c2cccc(Cl)c2)cc1Br. The van der Waals surface area contributed by atoms with Crippen molar-refractivity contribution in [3.05, 3.63) is 39.8 Å². The number of ether oxygens (including phenoxy) is 1. The molecule has 2 rings (SSSR count). The van der Waals surface area contributed by atoms with Gasteiger partial charge in [0.1, 0.15) is 0 Å². The van der Waals surface area contributed by atoms with Gasteiger partial charge in [-0.05, 0) is 34.1 Å². The molecule has 0 radical (unpaired) electrons. The zero-order valence-electron chi connectivity index (χ0n) is 8.45. The molecule has 16 heavy (non-hydrogen) atoms. The Labute approximate surface area is 107 Å². The van der Waals surface area contributed by atoms with Gasteiger partial charge in [0.25, 0.3) is 0 Å². The summed E-state index contributed by atoms with van der Waals surface area (Å²) in [5, 5.41) is 8.67. The number of halogens is 2. The van der Waals surface area contributed by atoms with Crippen LogP contribution in [0.15, 0.2) is 34.8 Å². The molecule has 0 saturated carbocycles. The lowest BCUT2D eigenvalue weighted by Crippen LogP contribution is -1.93. The van der Waals surface area contributed by atoms with Crippen molar-refractivity contribution in [3.63, 3.8) is 0 Å². The van der Waals surface area contributed by atoms with Crippen LogP contribution < -0.4 is 4.74 Å². The van der Waals surface area contributed by atoms with Crippen LogP contribution in [0.4, 0.5) is 0 Å². The number of hydrogen-bond donors (Lipinski definition) is 0. The van der Waals surface area contributed by atoms with Gasteiger partial charge < -0.3 is 4.74 Å². The highest BCUT2D eigenvalue weighted by atomic mass is 79.9. The summed E-state index contributed by atoms with van der Waals surface area (Å²) >= 11 is 9.27. The van der Waals surface area contributed by atoms with Gasteiger partial charge in [0.15, 0.2) is 0 Å². The van der Waals surface area contributed by atoms with E-state index >= 15 is 0 Å². The quantitative estimate of drug-likeness (QED) is 0.850. The standard InChI is InChI=1S/C11H8BrClN2O/c1-16-11-9(12)6-10(14-15-11)7-3-2-4-8(13)5-7/h2-6H,1H3. The predicted octanol–water partition coefficient (Wildman–Crippen LogP) is 3.57. The van der Waals surface area contributed by atoms with Gasteiger partial charge >= 0.3 is 0 Å². The second kappa shape index (κ2) is 4.80. The Bertz CT molecular complexity index is 519. The third-order valence-corrected chi connectivity index (χ3v) is 2.83. The second-order valence-electron chi connectivity index (χ2n) is 3.10. The van der Waals surface area contributed by atoms with E-state index < -0.39 is 0 Å². The van der Waals surface area contributed by atoms with Crippen LogP contribution in [0, 0.1) is 0 Å². The summed E-state index contributed by atoms with van der Waals surface area (Å²) in [5.74, 6) is 0.464. The number of aromatic nitrogens is 2. The monoisotopic (exact) mass is 298 g/mol. The van der Waals surface area contributed by atoms with E-state index in [0.717, 1.165) is 15.7 Å². The molecule has 0 unspecified atom stereocenters. The molecular weight excluding hydrogens is 291 g/mol. The van der Waals surface area contributed by atoms with Gasteiger partial charge in [-0.2, -0.15) is 0 Å². The highest BCUT2D eigenvalue weighted by Gasteiger charge is 2.06. The Hall–Kier alpha value is -1.13. The first-order chi connectivity index (χ1) is 7.70. The van der Waals surface area contributed by atoms with Crippen molar-refractivity contribution in [1.29, 1.82) is 0 Å². The highest BCUT2D eigenvalue weighted by molar-refractivity contribution is 9.10. The lowest BCUT2D eigenvalue weighted by atomic mass is 10.1. The van der Waals surface area contributed by atoms with Gasteiger partial charge in [-0.25, -0.2) is 0 Å². The van der Waals surface area contributed by atoms with Crippen molar-refractivity contribution in [2.24, 2.45) is 0 Å². The molecule has 82 valence electrons. The fraction of sp³-hybridized carbons (Fsp3) is 0.0909. The average molecular weight is 300 g/mol. The Kier molecular flexibility index (Phi) is 3.41. The molecule has 0 fully saturated rings. The fourth-order valence-electron chi connectivity index (χ4n) is 1.28. The van der Waals surface area contributed by atoms with E-state index in [1.807, 2.05) is 30.3 Å². The Morgan fingerprint density at radius 1 is 1.25 bits per heavy atom. The molecule has 0 aliphatic rings. The molecule has 3 nitrogen and oxygen atoms in total. The molecule has 0 atom stereocenters. The van der Waals surface area contributed by atoms with E-state index in [4.69, 9.17) is 16.3 Å². The molecule has 0 bridgehead atoms. The zero-order valence-corrected chi connectivity index (χ0v) is 10.8. The van der Waals surface area contributed by atoms with Crippen molar-refractivity contribution in [3.8, 4) is 17.1 Å². The van der Waals surface area contributed by atoms with Crippen LogP contribution >= 0.6 is 27.5 Å². The van der Waals surface area contributed by atoms with Crippen LogP contribution in [-0.2, 0) is 0 Å². The number of benzene rings is 1. The summed E-state index contributed by atoms with van der Waals surface area (Å²) < 4.78 is 5.78. The van der Waals surface area contributed by atoms with Gasteiger partial charge in [0, 0.05) is 10.6 Å². The largest absolute Gasteiger partial charge is 0.479 e. The smallest absolute Gasteiger partial charge is 0.247 e. The molecule has 5 heteroatoms. The third-order valence-electron chi connectivity index (χ3n) is 2.03. The molecule has 1 aromatic carbocycles. The predicted molar refractivity (Wildman–Crippen MR) is 66.7 cm³/mol. The van der Waals surface area contributed by atoms with Gasteiger partial charge in [0.2, 0.25) is 5.88 Å².